The van der Waals surface area contributed by atoms with E-state index in [1.807, 2.05) is 12.1 Å². The van der Waals surface area contributed by atoms with Gasteiger partial charge in [0.1, 0.15) is 5.75 Å². The minimum absolute atomic E-state index is 0.210. The summed E-state index contributed by atoms with van der Waals surface area (Å²) < 4.78 is 6.55. The van der Waals surface area contributed by atoms with Gasteiger partial charge in [-0.3, -0.25) is 0 Å². The second-order valence-electron chi connectivity index (χ2n) is 8.20. The van der Waals surface area contributed by atoms with Crippen molar-refractivity contribution in [2.24, 2.45) is 0 Å². The van der Waals surface area contributed by atoms with E-state index in [-0.39, 0.29) is 5.04 Å². The molecule has 0 bridgehead atoms. The van der Waals surface area contributed by atoms with Crippen molar-refractivity contribution in [1.82, 2.24) is 0 Å². The maximum absolute atomic E-state index is 8.47. The molecule has 0 saturated heterocycles. The Labute approximate surface area is 149 Å². The van der Waals surface area contributed by atoms with E-state index < -0.39 is 8.32 Å². The van der Waals surface area contributed by atoms with Gasteiger partial charge in [0.25, 0.3) is 8.32 Å². The van der Waals surface area contributed by atoms with E-state index in [0.717, 1.165) is 31.4 Å². The molecule has 0 aliphatic heterocycles. The van der Waals surface area contributed by atoms with Crippen LogP contribution in [0.5, 0.6) is 5.75 Å². The van der Waals surface area contributed by atoms with E-state index in [4.69, 9.17) is 9.69 Å². The molecule has 2 nitrogen and oxygen atoms in total. The monoisotopic (exact) mass is 343 g/mol. The highest BCUT2D eigenvalue weighted by atomic mass is 28.4. The molecule has 0 amide bonds. The summed E-state index contributed by atoms with van der Waals surface area (Å²) in [6.07, 6.45) is 7.87. The maximum Gasteiger partial charge on any atom is 0.250 e. The Kier molecular flexibility index (Phi) is 7.29. The molecule has 0 spiro atoms. The number of nitriles is 1. The summed E-state index contributed by atoms with van der Waals surface area (Å²) in [4.78, 5) is 0. The fourth-order valence-corrected chi connectivity index (χ4v) is 3.62. The lowest BCUT2D eigenvalue weighted by atomic mass is 10.0. The van der Waals surface area contributed by atoms with Crippen LogP contribution in [0.1, 0.15) is 56.7 Å². The van der Waals surface area contributed by atoms with Crippen LogP contribution in [-0.4, -0.2) is 8.32 Å². The van der Waals surface area contributed by atoms with Crippen LogP contribution >= 0.6 is 0 Å². The third kappa shape index (κ3) is 5.83. The summed E-state index contributed by atoms with van der Waals surface area (Å²) in [5.74, 6) is 1.09. The molecule has 24 heavy (non-hydrogen) atoms. The molecule has 0 saturated carbocycles. The second-order valence-corrected chi connectivity index (χ2v) is 12.9. The van der Waals surface area contributed by atoms with E-state index in [2.05, 4.69) is 59.8 Å². The van der Waals surface area contributed by atoms with Crippen LogP contribution in [-0.2, 0) is 6.42 Å². The third-order valence-corrected chi connectivity index (χ3v) is 9.29. The summed E-state index contributed by atoms with van der Waals surface area (Å²) in [6, 6.07) is 6.59. The molecular weight excluding hydrogens is 310 g/mol. The van der Waals surface area contributed by atoms with Crippen LogP contribution in [0.15, 0.2) is 24.3 Å². The maximum atomic E-state index is 8.47. The van der Waals surface area contributed by atoms with Gasteiger partial charge in [0.2, 0.25) is 0 Å². The highest BCUT2D eigenvalue weighted by Gasteiger charge is 2.39. The van der Waals surface area contributed by atoms with Crippen LogP contribution in [0.3, 0.4) is 0 Å². The average Bonchev–Trinajstić information content (AvgIpc) is 2.45. The lowest BCUT2D eigenvalue weighted by Gasteiger charge is -2.37. The molecule has 1 aromatic carbocycles. The van der Waals surface area contributed by atoms with Crippen LogP contribution in [0, 0.1) is 25.2 Å². The highest BCUT2D eigenvalue weighted by molar-refractivity contribution is 6.74. The van der Waals surface area contributed by atoms with Gasteiger partial charge in [0.05, 0.1) is 6.07 Å². The van der Waals surface area contributed by atoms with E-state index >= 15 is 0 Å². The molecule has 1 aromatic rings. The van der Waals surface area contributed by atoms with Crippen molar-refractivity contribution in [3.63, 3.8) is 0 Å². The zero-order valence-corrected chi connectivity index (χ0v) is 17.5. The second kappa shape index (κ2) is 8.53. The van der Waals surface area contributed by atoms with E-state index in [1.165, 1.54) is 16.7 Å². The fraction of sp³-hybridized carbons (Fsp3) is 0.571. The van der Waals surface area contributed by atoms with Crippen LogP contribution in [0.25, 0.3) is 0 Å². The number of rotatable bonds is 7. The minimum atomic E-state index is -1.80. The zero-order valence-electron chi connectivity index (χ0n) is 16.5. The normalized spacial score (nSPS) is 12.4. The SMILES string of the molecule is Cc1cc(CCCC/C=C/C#N)cc(C)c1O[Si](C)(C)C(C)(C)C. The van der Waals surface area contributed by atoms with Crippen molar-refractivity contribution in [3.05, 3.63) is 41.0 Å². The molecular formula is C21H33NOSi. The molecule has 0 radical (unpaired) electrons. The number of nitrogens with zero attached hydrogens (tertiary/aromatic N) is 1. The van der Waals surface area contributed by atoms with Crippen molar-refractivity contribution >= 4 is 8.32 Å². The van der Waals surface area contributed by atoms with Crippen molar-refractivity contribution in [3.8, 4) is 11.8 Å². The molecule has 132 valence electrons. The van der Waals surface area contributed by atoms with E-state index in [1.54, 1.807) is 6.08 Å². The molecule has 3 heteroatoms. The quantitative estimate of drug-likeness (QED) is 0.322. The first kappa shape index (κ1) is 20.5. The van der Waals surface area contributed by atoms with Gasteiger partial charge in [-0.05, 0) is 74.4 Å². The minimum Gasteiger partial charge on any atom is -0.543 e. The Balaban J connectivity index is 2.76. The molecule has 1 rings (SSSR count). The smallest absolute Gasteiger partial charge is 0.250 e. The largest absolute Gasteiger partial charge is 0.543 e. The zero-order chi connectivity index (χ0) is 18.4. The predicted molar refractivity (Wildman–Crippen MR) is 106 cm³/mol. The van der Waals surface area contributed by atoms with Crippen LogP contribution in [0.2, 0.25) is 18.1 Å². The first-order valence-corrected chi connectivity index (χ1v) is 11.8. The van der Waals surface area contributed by atoms with Gasteiger partial charge in [-0.2, -0.15) is 5.26 Å². The number of unbranched alkanes of at least 4 members (excludes halogenated alkanes) is 2. The summed E-state index contributed by atoms with van der Waals surface area (Å²) >= 11 is 0. The predicted octanol–water partition coefficient (Wildman–Crippen LogP) is 6.48. The van der Waals surface area contributed by atoms with Crippen LogP contribution < -0.4 is 4.43 Å². The van der Waals surface area contributed by atoms with Crippen LogP contribution in [0.4, 0.5) is 0 Å². The fourth-order valence-electron chi connectivity index (χ4n) is 2.48. The van der Waals surface area contributed by atoms with Gasteiger partial charge in [-0.1, -0.05) is 39.0 Å². The molecule has 0 N–H and O–H groups in total. The summed E-state index contributed by atoms with van der Waals surface area (Å²) in [5, 5.41) is 8.68. The third-order valence-electron chi connectivity index (χ3n) is 4.96. The van der Waals surface area contributed by atoms with E-state index in [9.17, 15) is 0 Å². The van der Waals surface area contributed by atoms with Gasteiger partial charge < -0.3 is 4.43 Å². The van der Waals surface area contributed by atoms with E-state index in [0.29, 0.717) is 0 Å². The molecule has 0 aromatic heterocycles. The number of hydrogen-bond donors (Lipinski definition) is 0. The topological polar surface area (TPSA) is 33.0 Å². The lowest BCUT2D eigenvalue weighted by molar-refractivity contribution is 0.486. The van der Waals surface area contributed by atoms with Crippen molar-refractivity contribution < 1.29 is 4.43 Å². The first-order valence-electron chi connectivity index (χ1n) is 8.92. The molecule has 0 unspecified atom stereocenters. The van der Waals surface area contributed by atoms with Gasteiger partial charge in [-0.15, -0.1) is 0 Å². The summed E-state index contributed by atoms with van der Waals surface area (Å²) in [5.41, 5.74) is 3.88. The Hall–Kier alpha value is -1.53. The first-order chi connectivity index (χ1) is 11.1. The van der Waals surface area contributed by atoms with Crippen molar-refractivity contribution in [2.75, 3.05) is 0 Å². The Morgan fingerprint density at radius 3 is 2.21 bits per heavy atom. The molecule has 0 atom stereocenters. The average molecular weight is 344 g/mol. The Morgan fingerprint density at radius 1 is 1.12 bits per heavy atom. The summed E-state index contributed by atoms with van der Waals surface area (Å²) in [6.45, 7) is 15.8. The number of benzene rings is 1. The number of aryl methyl sites for hydroxylation is 3. The van der Waals surface area contributed by atoms with Gasteiger partial charge in [0.15, 0.2) is 0 Å². The molecule has 0 aliphatic rings. The van der Waals surface area contributed by atoms with Gasteiger partial charge in [-0.25, -0.2) is 0 Å². The molecule has 0 aliphatic carbocycles. The standard InChI is InChI=1S/C21H33NOSi/c1-17-15-19(13-11-9-8-10-12-14-22)16-18(2)20(17)23-24(6,7)21(3,4)5/h10,12,15-16H,8-9,11,13H2,1-7H3/b12-10+. The number of allylic oxidation sites excluding steroid dienone is 2. The molecule has 0 heterocycles. The molecule has 0 fully saturated rings. The summed E-state index contributed by atoms with van der Waals surface area (Å²) in [7, 11) is -1.80. The van der Waals surface area contributed by atoms with Gasteiger partial charge in [0, 0.05) is 6.08 Å². The van der Waals surface area contributed by atoms with Crippen molar-refractivity contribution in [1.29, 1.82) is 5.26 Å². The Morgan fingerprint density at radius 2 is 1.71 bits per heavy atom. The number of hydrogen-bond acceptors (Lipinski definition) is 2. The highest BCUT2D eigenvalue weighted by Crippen LogP contribution is 2.39. The van der Waals surface area contributed by atoms with Crippen molar-refractivity contribution in [2.45, 2.75) is 78.4 Å². The lowest BCUT2D eigenvalue weighted by Crippen LogP contribution is -2.44. The van der Waals surface area contributed by atoms with Gasteiger partial charge >= 0.3 is 0 Å². The Bertz CT molecular complexity index is 595.